The fourth-order valence-corrected chi connectivity index (χ4v) is 1.27. The lowest BCUT2D eigenvalue weighted by molar-refractivity contribution is -0.132. The Morgan fingerprint density at radius 1 is 1.00 bits per heavy atom. The zero-order chi connectivity index (χ0) is 14.5. The third kappa shape index (κ3) is 4.75. The SMILES string of the molecule is CC(C)(C)C(=O)COCC(=O)C(=O)c1ccccc1. The first-order valence-electron chi connectivity index (χ1n) is 6.06. The van der Waals surface area contributed by atoms with Gasteiger partial charge in [-0.3, -0.25) is 14.4 Å². The summed E-state index contributed by atoms with van der Waals surface area (Å²) in [6.45, 7) is 4.80. The molecule has 0 saturated heterocycles. The average molecular weight is 262 g/mol. The van der Waals surface area contributed by atoms with Crippen molar-refractivity contribution in [1.82, 2.24) is 0 Å². The van der Waals surface area contributed by atoms with Gasteiger partial charge >= 0.3 is 0 Å². The second-order valence-electron chi connectivity index (χ2n) is 5.28. The molecule has 0 amide bonds. The van der Waals surface area contributed by atoms with E-state index >= 15 is 0 Å². The van der Waals surface area contributed by atoms with Crippen molar-refractivity contribution in [2.75, 3.05) is 13.2 Å². The van der Waals surface area contributed by atoms with E-state index < -0.39 is 17.0 Å². The second kappa shape index (κ2) is 6.38. The van der Waals surface area contributed by atoms with Crippen molar-refractivity contribution in [1.29, 1.82) is 0 Å². The Balaban J connectivity index is 2.45. The zero-order valence-corrected chi connectivity index (χ0v) is 11.4. The Hall–Kier alpha value is -1.81. The smallest absolute Gasteiger partial charge is 0.231 e. The first-order valence-corrected chi connectivity index (χ1v) is 6.06. The van der Waals surface area contributed by atoms with E-state index in [-0.39, 0.29) is 19.0 Å². The lowest BCUT2D eigenvalue weighted by Gasteiger charge is -2.15. The lowest BCUT2D eigenvalue weighted by Crippen LogP contribution is -2.27. The van der Waals surface area contributed by atoms with Gasteiger partial charge in [0.1, 0.15) is 13.2 Å². The molecule has 1 aromatic rings. The van der Waals surface area contributed by atoms with Gasteiger partial charge in [-0.15, -0.1) is 0 Å². The molecule has 0 aliphatic heterocycles. The van der Waals surface area contributed by atoms with Gasteiger partial charge in [-0.2, -0.15) is 0 Å². The molecule has 4 heteroatoms. The fourth-order valence-electron chi connectivity index (χ4n) is 1.27. The average Bonchev–Trinajstić information content (AvgIpc) is 2.37. The Bertz CT molecular complexity index is 469. The van der Waals surface area contributed by atoms with Gasteiger partial charge in [-0.05, 0) is 0 Å². The number of hydrogen-bond acceptors (Lipinski definition) is 4. The van der Waals surface area contributed by atoms with Crippen molar-refractivity contribution in [3.63, 3.8) is 0 Å². The summed E-state index contributed by atoms with van der Waals surface area (Å²) < 4.78 is 5.01. The Labute approximate surface area is 112 Å². The summed E-state index contributed by atoms with van der Waals surface area (Å²) in [6.07, 6.45) is 0. The van der Waals surface area contributed by atoms with Crippen molar-refractivity contribution in [2.24, 2.45) is 5.41 Å². The van der Waals surface area contributed by atoms with Gasteiger partial charge in [-0.25, -0.2) is 0 Å². The fraction of sp³-hybridized carbons (Fsp3) is 0.400. The number of benzene rings is 1. The monoisotopic (exact) mass is 262 g/mol. The highest BCUT2D eigenvalue weighted by atomic mass is 16.5. The minimum Gasteiger partial charge on any atom is -0.365 e. The number of carbonyl (C=O) groups is 3. The summed E-state index contributed by atoms with van der Waals surface area (Å²) in [6, 6.07) is 8.27. The molecule has 1 rings (SSSR count). The molecule has 19 heavy (non-hydrogen) atoms. The summed E-state index contributed by atoms with van der Waals surface area (Å²) in [7, 11) is 0. The predicted octanol–water partition coefficient (Wildman–Crippen LogP) is 2.07. The van der Waals surface area contributed by atoms with Crippen LogP contribution in [0.4, 0.5) is 0 Å². The summed E-state index contributed by atoms with van der Waals surface area (Å²) in [5, 5.41) is 0. The number of carbonyl (C=O) groups excluding carboxylic acids is 3. The molecule has 0 aliphatic carbocycles. The third-order valence-electron chi connectivity index (χ3n) is 2.59. The van der Waals surface area contributed by atoms with Gasteiger partial charge in [0.15, 0.2) is 5.78 Å². The molecule has 0 atom stereocenters. The number of rotatable bonds is 6. The van der Waals surface area contributed by atoms with Crippen LogP contribution < -0.4 is 0 Å². The minimum atomic E-state index is -0.645. The molecule has 0 N–H and O–H groups in total. The van der Waals surface area contributed by atoms with Crippen LogP contribution in [0.25, 0.3) is 0 Å². The van der Waals surface area contributed by atoms with Gasteiger partial charge in [-0.1, -0.05) is 51.1 Å². The minimum absolute atomic E-state index is 0.104. The third-order valence-corrected chi connectivity index (χ3v) is 2.59. The van der Waals surface area contributed by atoms with E-state index in [1.54, 1.807) is 51.1 Å². The summed E-state index contributed by atoms with van der Waals surface area (Å²) >= 11 is 0. The summed E-state index contributed by atoms with van der Waals surface area (Å²) in [4.78, 5) is 34.9. The topological polar surface area (TPSA) is 60.4 Å². The van der Waals surface area contributed by atoms with Crippen LogP contribution in [0, 0.1) is 5.41 Å². The molecule has 0 radical (unpaired) electrons. The van der Waals surface area contributed by atoms with Crippen LogP contribution in [0.3, 0.4) is 0 Å². The maximum Gasteiger partial charge on any atom is 0.231 e. The van der Waals surface area contributed by atoms with E-state index in [4.69, 9.17) is 4.74 Å². The van der Waals surface area contributed by atoms with Gasteiger partial charge in [0.25, 0.3) is 0 Å². The highest BCUT2D eigenvalue weighted by Gasteiger charge is 2.22. The van der Waals surface area contributed by atoms with E-state index in [1.165, 1.54) is 0 Å². The molecule has 0 aliphatic rings. The lowest BCUT2D eigenvalue weighted by atomic mass is 9.91. The van der Waals surface area contributed by atoms with Crippen LogP contribution in [0.1, 0.15) is 31.1 Å². The Morgan fingerprint density at radius 2 is 1.58 bits per heavy atom. The molecule has 0 aromatic heterocycles. The number of ketones is 3. The maximum absolute atomic E-state index is 11.7. The van der Waals surface area contributed by atoms with Gasteiger partial charge in [0.05, 0.1) is 0 Å². The molecule has 0 spiro atoms. The van der Waals surface area contributed by atoms with Crippen molar-refractivity contribution in [3.8, 4) is 0 Å². The summed E-state index contributed by atoms with van der Waals surface area (Å²) in [5.74, 6) is -1.34. The quantitative estimate of drug-likeness (QED) is 0.581. The molecule has 0 unspecified atom stereocenters. The zero-order valence-electron chi connectivity index (χ0n) is 11.4. The van der Waals surface area contributed by atoms with Gasteiger partial charge in [0.2, 0.25) is 11.6 Å². The van der Waals surface area contributed by atoms with Crippen molar-refractivity contribution in [3.05, 3.63) is 35.9 Å². The summed E-state index contributed by atoms with van der Waals surface area (Å²) in [5.41, 5.74) is -0.176. The van der Waals surface area contributed by atoms with Crippen LogP contribution in [0.15, 0.2) is 30.3 Å². The standard InChI is InChI=1S/C15H18O4/c1-15(2,3)13(17)10-19-9-12(16)14(18)11-7-5-4-6-8-11/h4-8H,9-10H2,1-3H3. The molecule has 102 valence electrons. The normalized spacial score (nSPS) is 11.1. The molecule has 0 heterocycles. The van der Waals surface area contributed by atoms with E-state index in [0.717, 1.165) is 0 Å². The van der Waals surface area contributed by atoms with Gasteiger partial charge in [0, 0.05) is 11.0 Å². The molecule has 0 bridgehead atoms. The van der Waals surface area contributed by atoms with Crippen LogP contribution in [0.5, 0.6) is 0 Å². The van der Waals surface area contributed by atoms with Crippen molar-refractivity contribution >= 4 is 17.3 Å². The van der Waals surface area contributed by atoms with E-state index in [2.05, 4.69) is 0 Å². The second-order valence-corrected chi connectivity index (χ2v) is 5.28. The largest absolute Gasteiger partial charge is 0.365 e. The number of Topliss-reactive ketones (excluding diaryl/α,β-unsaturated/α-hetero) is 3. The highest BCUT2D eigenvalue weighted by molar-refractivity contribution is 6.44. The molecule has 4 nitrogen and oxygen atoms in total. The molecule has 0 saturated carbocycles. The molecule has 1 aromatic carbocycles. The molecular formula is C15H18O4. The van der Waals surface area contributed by atoms with E-state index in [0.29, 0.717) is 5.56 Å². The number of ether oxygens (including phenoxy) is 1. The van der Waals surface area contributed by atoms with Crippen LogP contribution in [-0.2, 0) is 14.3 Å². The Kier molecular flexibility index (Phi) is 5.12. The first-order chi connectivity index (χ1) is 8.82. The number of hydrogen-bond donors (Lipinski definition) is 0. The highest BCUT2D eigenvalue weighted by Crippen LogP contribution is 2.14. The van der Waals surface area contributed by atoms with E-state index in [1.807, 2.05) is 0 Å². The Morgan fingerprint density at radius 3 is 2.11 bits per heavy atom. The predicted molar refractivity (Wildman–Crippen MR) is 71.1 cm³/mol. The maximum atomic E-state index is 11.7. The van der Waals surface area contributed by atoms with Gasteiger partial charge < -0.3 is 4.74 Å². The molecular weight excluding hydrogens is 244 g/mol. The van der Waals surface area contributed by atoms with Crippen LogP contribution in [0.2, 0.25) is 0 Å². The van der Waals surface area contributed by atoms with Crippen molar-refractivity contribution < 1.29 is 19.1 Å². The first kappa shape index (κ1) is 15.2. The van der Waals surface area contributed by atoms with Crippen LogP contribution >= 0.6 is 0 Å². The van der Waals surface area contributed by atoms with Crippen molar-refractivity contribution in [2.45, 2.75) is 20.8 Å². The van der Waals surface area contributed by atoms with Crippen LogP contribution in [-0.4, -0.2) is 30.6 Å². The van der Waals surface area contributed by atoms with E-state index in [9.17, 15) is 14.4 Å². The molecule has 0 fully saturated rings.